The van der Waals surface area contributed by atoms with Crippen LogP contribution in [0.25, 0.3) is 10.9 Å². The Labute approximate surface area is 156 Å². The highest BCUT2D eigenvalue weighted by molar-refractivity contribution is 5.97. The van der Waals surface area contributed by atoms with Gasteiger partial charge in [-0.2, -0.15) is 0 Å². The minimum atomic E-state index is -0.955. The van der Waals surface area contributed by atoms with Crippen LogP contribution in [0.15, 0.2) is 54.6 Å². The third-order valence-electron chi connectivity index (χ3n) is 5.02. The number of nitrogens with zero attached hydrogens (tertiary/aromatic N) is 1. The average Bonchev–Trinajstić information content (AvgIpc) is 3.09. The Morgan fingerprint density at radius 1 is 1.11 bits per heavy atom. The second-order valence-corrected chi connectivity index (χ2v) is 6.71. The van der Waals surface area contributed by atoms with Crippen LogP contribution in [0, 0.1) is 0 Å². The zero-order valence-corrected chi connectivity index (χ0v) is 14.8. The number of rotatable bonds is 4. The van der Waals surface area contributed by atoms with Gasteiger partial charge in [-0.05, 0) is 30.2 Å². The fourth-order valence-corrected chi connectivity index (χ4v) is 3.62. The van der Waals surface area contributed by atoms with Crippen LogP contribution in [0.2, 0.25) is 0 Å². The molecule has 1 atom stereocenters. The third kappa shape index (κ3) is 3.31. The zero-order chi connectivity index (χ0) is 18.8. The molecule has 6 nitrogen and oxygen atoms in total. The number of aliphatic hydroxyl groups excluding tert-OH is 1. The molecule has 4 rings (SSSR count). The number of aliphatic hydroxyl groups is 1. The molecule has 0 aliphatic carbocycles. The molecule has 0 saturated heterocycles. The highest BCUT2D eigenvalue weighted by Gasteiger charge is 2.29. The monoisotopic (exact) mass is 363 g/mol. The number of carbonyl (C=O) groups excluding carboxylic acids is 2. The van der Waals surface area contributed by atoms with E-state index in [0.29, 0.717) is 18.7 Å². The maximum atomic E-state index is 12.9. The number of benzene rings is 2. The molecule has 27 heavy (non-hydrogen) atoms. The van der Waals surface area contributed by atoms with Crippen LogP contribution in [-0.4, -0.2) is 46.0 Å². The van der Waals surface area contributed by atoms with Crippen molar-refractivity contribution in [2.24, 2.45) is 0 Å². The lowest BCUT2D eigenvalue weighted by atomic mass is 10.0. The van der Waals surface area contributed by atoms with Crippen LogP contribution >= 0.6 is 0 Å². The lowest BCUT2D eigenvalue weighted by Gasteiger charge is -2.30. The third-order valence-corrected chi connectivity index (χ3v) is 5.02. The van der Waals surface area contributed by atoms with Crippen LogP contribution in [-0.2, 0) is 17.8 Å². The summed E-state index contributed by atoms with van der Waals surface area (Å²) in [5, 5.41) is 13.5. The predicted molar refractivity (Wildman–Crippen MR) is 102 cm³/mol. The van der Waals surface area contributed by atoms with Gasteiger partial charge in [0.15, 0.2) is 0 Å². The van der Waals surface area contributed by atoms with Gasteiger partial charge in [-0.1, -0.05) is 36.4 Å². The van der Waals surface area contributed by atoms with Crippen molar-refractivity contribution in [2.45, 2.75) is 19.0 Å². The largest absolute Gasteiger partial charge is 0.394 e. The molecule has 2 heterocycles. The number of carbonyl (C=O) groups is 2. The predicted octanol–water partition coefficient (Wildman–Crippen LogP) is 1.84. The molecule has 1 aliphatic rings. The number of hydrogen-bond donors (Lipinski definition) is 3. The normalized spacial score (nSPS) is 14.6. The Morgan fingerprint density at radius 2 is 1.85 bits per heavy atom. The second kappa shape index (κ2) is 7.25. The first-order chi connectivity index (χ1) is 13.2. The number of aromatic amines is 1. The van der Waals surface area contributed by atoms with Crippen LogP contribution < -0.4 is 5.32 Å². The molecule has 0 spiro atoms. The first-order valence-corrected chi connectivity index (χ1v) is 9.01. The molecule has 0 radical (unpaired) electrons. The molecule has 1 aromatic heterocycles. The number of aromatic nitrogens is 1. The van der Waals surface area contributed by atoms with Gasteiger partial charge in [0, 0.05) is 28.7 Å². The maximum absolute atomic E-state index is 12.9. The van der Waals surface area contributed by atoms with E-state index in [0.717, 1.165) is 17.6 Å². The van der Waals surface area contributed by atoms with Crippen molar-refractivity contribution in [3.05, 3.63) is 71.4 Å². The number of H-pyrrole nitrogens is 1. The molecule has 2 aromatic carbocycles. The molecule has 0 saturated carbocycles. The van der Waals surface area contributed by atoms with Crippen molar-refractivity contribution in [1.82, 2.24) is 15.2 Å². The van der Waals surface area contributed by atoms with E-state index in [1.165, 1.54) is 10.9 Å². The molecule has 2 amide bonds. The first kappa shape index (κ1) is 17.3. The molecule has 0 bridgehead atoms. The molecule has 3 N–H and O–H groups in total. The van der Waals surface area contributed by atoms with Gasteiger partial charge in [0.25, 0.3) is 5.91 Å². The van der Waals surface area contributed by atoms with Crippen LogP contribution in [0.5, 0.6) is 0 Å². The van der Waals surface area contributed by atoms with Crippen molar-refractivity contribution in [1.29, 1.82) is 0 Å². The summed E-state index contributed by atoms with van der Waals surface area (Å²) in [6.45, 7) is 0.569. The fourth-order valence-electron chi connectivity index (χ4n) is 3.62. The summed E-state index contributed by atoms with van der Waals surface area (Å²) < 4.78 is 0. The summed E-state index contributed by atoms with van der Waals surface area (Å²) in [5.74, 6) is -0.641. The van der Waals surface area contributed by atoms with Gasteiger partial charge in [0.2, 0.25) is 5.91 Å². The van der Waals surface area contributed by atoms with Crippen molar-refractivity contribution < 1.29 is 14.7 Å². The van der Waals surface area contributed by atoms with Crippen molar-refractivity contribution in [3.63, 3.8) is 0 Å². The number of nitrogens with one attached hydrogen (secondary N) is 2. The molecule has 1 aliphatic heterocycles. The van der Waals surface area contributed by atoms with E-state index in [9.17, 15) is 14.7 Å². The van der Waals surface area contributed by atoms with E-state index in [2.05, 4.69) is 16.4 Å². The van der Waals surface area contributed by atoms with Crippen LogP contribution in [0.3, 0.4) is 0 Å². The molecule has 1 unspecified atom stereocenters. The fraction of sp³-hybridized carbons (Fsp3) is 0.238. The number of fused-ring (bicyclic) bond motifs is 3. The van der Waals surface area contributed by atoms with Gasteiger partial charge in [0.05, 0.1) is 13.2 Å². The lowest BCUT2D eigenvalue weighted by molar-refractivity contribution is -0.135. The highest BCUT2D eigenvalue weighted by Crippen LogP contribution is 2.27. The number of para-hydroxylation sites is 1. The number of hydrogen-bond acceptors (Lipinski definition) is 3. The molecular weight excluding hydrogens is 342 g/mol. The summed E-state index contributed by atoms with van der Waals surface area (Å²) in [6, 6.07) is 15.8. The quantitative estimate of drug-likeness (QED) is 0.661. The smallest absolute Gasteiger partial charge is 0.251 e. The highest BCUT2D eigenvalue weighted by atomic mass is 16.3. The second-order valence-electron chi connectivity index (χ2n) is 6.71. The molecule has 138 valence electrons. The lowest BCUT2D eigenvalue weighted by Crippen LogP contribution is -2.51. The SMILES string of the molecule is O=C(NC(CO)C(=O)N1CCc2c([nH]c3ccccc23)C1)c1ccccc1. The van der Waals surface area contributed by atoms with Gasteiger partial charge in [0.1, 0.15) is 6.04 Å². The minimum absolute atomic E-state index is 0.272. The number of amides is 2. The Morgan fingerprint density at radius 3 is 2.63 bits per heavy atom. The topological polar surface area (TPSA) is 85.4 Å². The van der Waals surface area contributed by atoms with E-state index in [1.54, 1.807) is 29.2 Å². The Kier molecular flexibility index (Phi) is 4.64. The van der Waals surface area contributed by atoms with Gasteiger partial charge in [-0.25, -0.2) is 0 Å². The Bertz CT molecular complexity index is 981. The first-order valence-electron chi connectivity index (χ1n) is 9.01. The van der Waals surface area contributed by atoms with E-state index in [1.807, 2.05) is 24.3 Å². The summed E-state index contributed by atoms with van der Waals surface area (Å²) in [4.78, 5) is 30.2. The van der Waals surface area contributed by atoms with E-state index < -0.39 is 12.6 Å². The van der Waals surface area contributed by atoms with E-state index in [-0.39, 0.29) is 11.8 Å². The summed E-state index contributed by atoms with van der Waals surface area (Å²) in [6.07, 6.45) is 0.746. The zero-order valence-electron chi connectivity index (χ0n) is 14.8. The molecule has 3 aromatic rings. The van der Waals surface area contributed by atoms with Crippen molar-refractivity contribution in [2.75, 3.05) is 13.2 Å². The van der Waals surface area contributed by atoms with Gasteiger partial charge >= 0.3 is 0 Å². The summed E-state index contributed by atoms with van der Waals surface area (Å²) in [5.41, 5.74) is 3.78. The Balaban J connectivity index is 1.49. The average molecular weight is 363 g/mol. The van der Waals surface area contributed by atoms with Gasteiger partial charge < -0.3 is 20.3 Å². The molecule has 0 fully saturated rings. The molecule has 6 heteroatoms. The standard InChI is InChI=1S/C21H21N3O3/c25-13-19(23-20(26)14-6-2-1-3-7-14)21(27)24-11-10-16-15-8-4-5-9-17(15)22-18(16)12-24/h1-9,19,22,25H,10-13H2,(H,23,26). The van der Waals surface area contributed by atoms with Gasteiger partial charge in [-0.3, -0.25) is 9.59 Å². The van der Waals surface area contributed by atoms with Crippen molar-refractivity contribution in [3.8, 4) is 0 Å². The van der Waals surface area contributed by atoms with Crippen molar-refractivity contribution >= 4 is 22.7 Å². The van der Waals surface area contributed by atoms with E-state index in [4.69, 9.17) is 0 Å². The van der Waals surface area contributed by atoms with Gasteiger partial charge in [-0.15, -0.1) is 0 Å². The Hall–Kier alpha value is -3.12. The van der Waals surface area contributed by atoms with E-state index >= 15 is 0 Å². The summed E-state index contributed by atoms with van der Waals surface area (Å²) >= 11 is 0. The van der Waals surface area contributed by atoms with Crippen LogP contribution in [0.4, 0.5) is 0 Å². The summed E-state index contributed by atoms with van der Waals surface area (Å²) in [7, 11) is 0. The van der Waals surface area contributed by atoms with Crippen LogP contribution in [0.1, 0.15) is 21.6 Å². The minimum Gasteiger partial charge on any atom is -0.394 e. The maximum Gasteiger partial charge on any atom is 0.251 e. The molecular formula is C21H21N3O3.